The first-order valence-corrected chi connectivity index (χ1v) is 12.7. The summed E-state index contributed by atoms with van der Waals surface area (Å²) in [7, 11) is -6.26. The molecule has 0 aliphatic carbocycles. The van der Waals surface area contributed by atoms with Gasteiger partial charge in [0, 0.05) is 20.1 Å². The predicted octanol–water partition coefficient (Wildman–Crippen LogP) is 1.17. The van der Waals surface area contributed by atoms with Crippen LogP contribution in [-0.2, 0) is 24.8 Å². The molecule has 0 bridgehead atoms. The highest BCUT2D eigenvalue weighted by atomic mass is 32.2. The molecule has 4 rings (SSSR count). The first-order valence-electron chi connectivity index (χ1n) is 9.85. The van der Waals surface area contributed by atoms with Gasteiger partial charge in [-0.05, 0) is 49.2 Å². The number of rotatable bonds is 5. The van der Waals surface area contributed by atoms with E-state index in [1.807, 2.05) is 0 Å². The van der Waals surface area contributed by atoms with Crippen LogP contribution in [0.15, 0.2) is 58.3 Å². The maximum Gasteiger partial charge on any atom is 0.264 e. The number of benzene rings is 2. The molecule has 1 N–H and O–H groups in total. The van der Waals surface area contributed by atoms with Crippen molar-refractivity contribution < 1.29 is 26.4 Å². The van der Waals surface area contributed by atoms with E-state index in [0.717, 1.165) is 17.1 Å². The van der Waals surface area contributed by atoms with Crippen LogP contribution in [0.2, 0.25) is 0 Å². The Morgan fingerprint density at radius 1 is 0.935 bits per heavy atom. The minimum absolute atomic E-state index is 0.0546. The van der Waals surface area contributed by atoms with Crippen molar-refractivity contribution in [1.29, 1.82) is 0 Å². The first-order chi connectivity index (χ1) is 14.7. The van der Waals surface area contributed by atoms with Crippen molar-refractivity contribution in [3.8, 4) is 5.75 Å². The maximum atomic E-state index is 13.4. The Hall–Kier alpha value is -2.63. The van der Waals surface area contributed by atoms with Crippen molar-refractivity contribution >= 4 is 31.6 Å². The van der Waals surface area contributed by atoms with Gasteiger partial charge in [0.2, 0.25) is 10.0 Å². The summed E-state index contributed by atoms with van der Waals surface area (Å²) in [6, 6.07) is 11.7. The molecular weight excluding hydrogens is 442 g/mol. The van der Waals surface area contributed by atoms with Crippen LogP contribution >= 0.6 is 0 Å². The van der Waals surface area contributed by atoms with Crippen molar-refractivity contribution in [3.63, 3.8) is 0 Å². The second-order valence-corrected chi connectivity index (χ2v) is 11.1. The molecule has 2 heterocycles. The first kappa shape index (κ1) is 21.6. The van der Waals surface area contributed by atoms with Gasteiger partial charge in [-0.25, -0.2) is 16.8 Å². The normalized spacial score (nSPS) is 19.5. The fraction of sp³-hybridized carbons (Fsp3) is 0.350. The average Bonchev–Trinajstić information content (AvgIpc) is 3.34. The number of nitrogens with zero attached hydrogens (tertiary/aromatic N) is 2. The minimum atomic E-state index is -4.07. The van der Waals surface area contributed by atoms with Crippen molar-refractivity contribution in [2.45, 2.75) is 28.7 Å². The standard InChI is InChI=1S/C20H23N3O6S2/c1-21-20(24)19-14-23(17-6-2-3-7-18(17)29-19)31(27,28)16-10-8-15(9-11-16)30(25,26)22-12-4-5-13-22/h2-3,6-11,19H,4-5,12-14H2,1H3,(H,21,24). The Morgan fingerprint density at radius 2 is 1.52 bits per heavy atom. The molecule has 1 unspecified atom stereocenters. The highest BCUT2D eigenvalue weighted by molar-refractivity contribution is 7.93. The third-order valence-corrected chi connectivity index (χ3v) is 9.09. The summed E-state index contributed by atoms with van der Waals surface area (Å²) in [6.45, 7) is 0.731. The highest BCUT2D eigenvalue weighted by Gasteiger charge is 2.37. The topological polar surface area (TPSA) is 113 Å². The molecule has 0 saturated carbocycles. The molecule has 1 amide bonds. The number of carbonyl (C=O) groups is 1. The van der Waals surface area contributed by atoms with Gasteiger partial charge >= 0.3 is 0 Å². The van der Waals surface area contributed by atoms with E-state index in [-0.39, 0.29) is 22.1 Å². The highest BCUT2D eigenvalue weighted by Crippen LogP contribution is 2.37. The molecule has 2 aromatic carbocycles. The van der Waals surface area contributed by atoms with Crippen LogP contribution in [0.1, 0.15) is 12.8 Å². The van der Waals surface area contributed by atoms with Gasteiger partial charge in [-0.15, -0.1) is 0 Å². The van der Waals surface area contributed by atoms with E-state index in [9.17, 15) is 21.6 Å². The molecule has 0 radical (unpaired) electrons. The lowest BCUT2D eigenvalue weighted by molar-refractivity contribution is -0.127. The monoisotopic (exact) mass is 465 g/mol. The molecular formula is C20H23N3O6S2. The van der Waals surface area contributed by atoms with Crippen LogP contribution in [0.25, 0.3) is 0 Å². The van der Waals surface area contributed by atoms with Crippen LogP contribution < -0.4 is 14.4 Å². The van der Waals surface area contributed by atoms with E-state index in [2.05, 4.69) is 5.32 Å². The molecule has 1 atom stereocenters. The zero-order chi connectivity index (χ0) is 22.2. The molecule has 166 valence electrons. The summed E-state index contributed by atoms with van der Waals surface area (Å²) in [5.41, 5.74) is 0.316. The third kappa shape index (κ3) is 3.88. The van der Waals surface area contributed by atoms with Crippen LogP contribution in [0.5, 0.6) is 5.75 Å². The minimum Gasteiger partial charge on any atom is -0.476 e. The van der Waals surface area contributed by atoms with Gasteiger partial charge in [-0.3, -0.25) is 9.10 Å². The zero-order valence-corrected chi connectivity index (χ0v) is 18.5. The predicted molar refractivity (Wildman–Crippen MR) is 114 cm³/mol. The number of para-hydroxylation sites is 2. The lowest BCUT2D eigenvalue weighted by Crippen LogP contribution is -2.50. The molecule has 2 aromatic rings. The van der Waals surface area contributed by atoms with Crippen molar-refractivity contribution in [2.75, 3.05) is 31.0 Å². The Kier molecular flexibility index (Phi) is 5.67. The zero-order valence-electron chi connectivity index (χ0n) is 16.9. The smallest absolute Gasteiger partial charge is 0.264 e. The third-order valence-electron chi connectivity index (χ3n) is 5.39. The van der Waals surface area contributed by atoms with Gasteiger partial charge in [-0.1, -0.05) is 12.1 Å². The Bertz CT molecular complexity index is 1190. The SMILES string of the molecule is CNC(=O)C1CN(S(=O)(=O)c2ccc(S(=O)(=O)N3CCCC3)cc2)c2ccccc2O1. The van der Waals surface area contributed by atoms with E-state index in [0.29, 0.717) is 18.8 Å². The summed E-state index contributed by atoms with van der Waals surface area (Å²) in [5.74, 6) is -0.166. The summed E-state index contributed by atoms with van der Waals surface area (Å²) in [4.78, 5) is 12.1. The van der Waals surface area contributed by atoms with Crippen LogP contribution in [0, 0.1) is 0 Å². The second-order valence-electron chi connectivity index (χ2n) is 7.31. The van der Waals surface area contributed by atoms with Gasteiger partial charge in [-0.2, -0.15) is 4.31 Å². The van der Waals surface area contributed by atoms with Gasteiger partial charge in [0.25, 0.3) is 15.9 Å². The molecule has 2 aliphatic heterocycles. The van der Waals surface area contributed by atoms with E-state index < -0.39 is 32.1 Å². The van der Waals surface area contributed by atoms with Crippen LogP contribution in [0.4, 0.5) is 5.69 Å². The lowest BCUT2D eigenvalue weighted by Gasteiger charge is -2.34. The Morgan fingerprint density at radius 3 is 2.13 bits per heavy atom. The van der Waals surface area contributed by atoms with Crippen molar-refractivity contribution in [2.24, 2.45) is 0 Å². The molecule has 1 saturated heterocycles. The fourth-order valence-electron chi connectivity index (χ4n) is 3.72. The van der Waals surface area contributed by atoms with E-state index in [4.69, 9.17) is 4.74 Å². The van der Waals surface area contributed by atoms with Gasteiger partial charge in [0.15, 0.2) is 6.10 Å². The van der Waals surface area contributed by atoms with Gasteiger partial charge in [0.1, 0.15) is 5.75 Å². The van der Waals surface area contributed by atoms with Crippen LogP contribution in [0.3, 0.4) is 0 Å². The molecule has 11 heteroatoms. The number of fused-ring (bicyclic) bond motifs is 1. The molecule has 9 nitrogen and oxygen atoms in total. The number of anilines is 1. The quantitative estimate of drug-likeness (QED) is 0.709. The average molecular weight is 466 g/mol. The van der Waals surface area contributed by atoms with E-state index in [1.54, 1.807) is 24.3 Å². The largest absolute Gasteiger partial charge is 0.476 e. The van der Waals surface area contributed by atoms with Crippen LogP contribution in [-0.4, -0.2) is 59.8 Å². The van der Waals surface area contributed by atoms with Gasteiger partial charge in [0.05, 0.1) is 22.0 Å². The number of hydrogen-bond acceptors (Lipinski definition) is 6. The maximum absolute atomic E-state index is 13.4. The molecule has 2 aliphatic rings. The molecule has 1 fully saturated rings. The number of nitrogens with one attached hydrogen (secondary N) is 1. The number of carbonyl (C=O) groups excluding carboxylic acids is 1. The van der Waals surface area contributed by atoms with E-state index in [1.165, 1.54) is 35.6 Å². The summed E-state index contributed by atoms with van der Waals surface area (Å²) >= 11 is 0. The number of likely N-dealkylation sites (N-methyl/N-ethyl adjacent to an activating group) is 1. The molecule has 0 aromatic heterocycles. The summed E-state index contributed by atoms with van der Waals surface area (Å²) in [6.07, 6.45) is 0.619. The number of ether oxygens (including phenoxy) is 1. The summed E-state index contributed by atoms with van der Waals surface area (Å²) < 4.78 is 60.4. The number of sulfonamides is 2. The van der Waals surface area contributed by atoms with Gasteiger partial charge < -0.3 is 10.1 Å². The lowest BCUT2D eigenvalue weighted by atomic mass is 10.2. The van der Waals surface area contributed by atoms with Crippen molar-refractivity contribution in [3.05, 3.63) is 48.5 Å². The Balaban J connectivity index is 1.68. The fourth-order valence-corrected chi connectivity index (χ4v) is 6.71. The van der Waals surface area contributed by atoms with Crippen molar-refractivity contribution in [1.82, 2.24) is 9.62 Å². The number of hydrogen-bond donors (Lipinski definition) is 1. The number of amides is 1. The molecule has 0 spiro atoms. The Labute approximate surface area is 181 Å². The second kappa shape index (κ2) is 8.13. The summed E-state index contributed by atoms with van der Waals surface area (Å²) in [5, 5.41) is 2.47. The molecule has 31 heavy (non-hydrogen) atoms. The van der Waals surface area contributed by atoms with E-state index >= 15 is 0 Å².